The molecule has 0 radical (unpaired) electrons. The third-order valence-electron chi connectivity index (χ3n) is 4.49. The van der Waals surface area contributed by atoms with Crippen molar-refractivity contribution < 1.29 is 9.69 Å². The fraction of sp³-hybridized carbons (Fsp3) is 0.389. The Hall–Kier alpha value is -2.03. The van der Waals surface area contributed by atoms with E-state index in [1.165, 1.54) is 11.3 Å². The highest BCUT2D eigenvalue weighted by molar-refractivity contribution is 7.18. The number of hydrogen-bond acceptors (Lipinski definition) is 5. The number of carbonyl (C=O) groups excluding carboxylic acids is 1. The van der Waals surface area contributed by atoms with Crippen LogP contribution in [0.1, 0.15) is 32.6 Å². The van der Waals surface area contributed by atoms with Gasteiger partial charge in [0.15, 0.2) is 12.4 Å². The summed E-state index contributed by atoms with van der Waals surface area (Å²) in [6, 6.07) is 3.91. The van der Waals surface area contributed by atoms with Gasteiger partial charge in [-0.3, -0.25) is 9.59 Å². The Morgan fingerprint density at radius 2 is 2.19 bits per heavy atom. The average Bonchev–Trinajstić information content (AvgIpc) is 3.28. The van der Waals surface area contributed by atoms with Crippen LogP contribution in [-0.4, -0.2) is 35.5 Å². The third-order valence-corrected chi connectivity index (χ3v) is 6.26. The summed E-state index contributed by atoms with van der Waals surface area (Å²) in [4.78, 5) is 35.2. The molecule has 0 bridgehead atoms. The van der Waals surface area contributed by atoms with E-state index in [-0.39, 0.29) is 17.5 Å². The van der Waals surface area contributed by atoms with Gasteiger partial charge in [-0.25, -0.2) is 4.98 Å². The molecule has 26 heavy (non-hydrogen) atoms. The van der Waals surface area contributed by atoms with Gasteiger partial charge >= 0.3 is 0 Å². The lowest BCUT2D eigenvalue weighted by Gasteiger charge is -2.23. The lowest BCUT2D eigenvalue weighted by atomic mass is 10.2. The van der Waals surface area contributed by atoms with Crippen LogP contribution < -0.4 is 15.8 Å². The van der Waals surface area contributed by atoms with Crippen molar-refractivity contribution in [2.45, 2.75) is 26.8 Å². The fourth-order valence-corrected chi connectivity index (χ4v) is 4.80. The predicted octanol–water partition coefficient (Wildman–Crippen LogP) is 1.81. The zero-order valence-electron chi connectivity index (χ0n) is 15.1. The number of hydrogen-bond donors (Lipinski definition) is 3. The van der Waals surface area contributed by atoms with E-state index < -0.39 is 0 Å². The van der Waals surface area contributed by atoms with Gasteiger partial charge in [0.1, 0.15) is 10.9 Å². The van der Waals surface area contributed by atoms with Gasteiger partial charge in [0.2, 0.25) is 0 Å². The van der Waals surface area contributed by atoms with E-state index in [9.17, 15) is 9.59 Å². The smallest absolute Gasteiger partial charge is 0.275 e. The van der Waals surface area contributed by atoms with Crippen LogP contribution in [0.4, 0.5) is 0 Å². The fourth-order valence-electron chi connectivity index (χ4n) is 3.03. The van der Waals surface area contributed by atoms with E-state index in [1.807, 2.05) is 43.7 Å². The number of quaternary nitrogens is 1. The van der Waals surface area contributed by atoms with Gasteiger partial charge in [-0.2, -0.15) is 0 Å². The zero-order chi connectivity index (χ0) is 18.7. The van der Waals surface area contributed by atoms with Gasteiger partial charge in [-0.15, -0.1) is 22.7 Å². The van der Waals surface area contributed by atoms with E-state index in [4.69, 9.17) is 4.98 Å². The molecule has 3 N–H and O–H groups in total. The number of nitrogens with zero attached hydrogens (tertiary/aromatic N) is 1. The van der Waals surface area contributed by atoms with Crippen LogP contribution >= 0.6 is 22.7 Å². The van der Waals surface area contributed by atoms with Gasteiger partial charge in [-0.05, 0) is 32.2 Å². The minimum atomic E-state index is -0.116. The highest BCUT2D eigenvalue weighted by Gasteiger charge is 2.24. The average molecular weight is 392 g/mol. The minimum absolute atomic E-state index is 0.00994. The van der Waals surface area contributed by atoms with Crippen LogP contribution in [0.3, 0.4) is 0 Å². The van der Waals surface area contributed by atoms with Crippen molar-refractivity contribution in [1.29, 1.82) is 0 Å². The van der Waals surface area contributed by atoms with Crippen molar-refractivity contribution in [1.82, 2.24) is 15.3 Å². The molecule has 2 atom stereocenters. The molecule has 0 spiro atoms. The van der Waals surface area contributed by atoms with Crippen molar-refractivity contribution in [3.05, 3.63) is 39.1 Å². The summed E-state index contributed by atoms with van der Waals surface area (Å²) >= 11 is 3.10. The van der Waals surface area contributed by atoms with Crippen molar-refractivity contribution in [3.8, 4) is 10.4 Å². The molecule has 3 heterocycles. The molecular weight excluding hydrogens is 368 g/mol. The zero-order valence-corrected chi connectivity index (χ0v) is 16.7. The first-order chi connectivity index (χ1) is 12.5. The molecule has 6 nitrogen and oxygen atoms in total. The summed E-state index contributed by atoms with van der Waals surface area (Å²) in [7, 11) is 0. The highest BCUT2D eigenvalue weighted by atomic mass is 32.1. The largest absolute Gasteiger partial charge is 0.351 e. The van der Waals surface area contributed by atoms with Crippen molar-refractivity contribution >= 4 is 38.8 Å². The Morgan fingerprint density at radius 1 is 1.38 bits per heavy atom. The number of aromatic amines is 1. The first-order valence-electron chi connectivity index (χ1n) is 8.71. The quantitative estimate of drug-likeness (QED) is 0.575. The topological polar surface area (TPSA) is 79.3 Å². The maximum absolute atomic E-state index is 12.7. The monoisotopic (exact) mass is 391 g/mol. The molecule has 3 aromatic rings. The Balaban J connectivity index is 1.93. The summed E-state index contributed by atoms with van der Waals surface area (Å²) in [5.74, 6) is 0.638. The van der Waals surface area contributed by atoms with Gasteiger partial charge < -0.3 is 15.2 Å². The second kappa shape index (κ2) is 8.11. The van der Waals surface area contributed by atoms with Crippen LogP contribution in [0.2, 0.25) is 0 Å². The van der Waals surface area contributed by atoms with E-state index in [0.717, 1.165) is 26.7 Å². The molecular formula is C18H23N4O2S2+. The molecule has 3 aromatic heterocycles. The standard InChI is InChI=1S/C18H22N4O2S2/c1-4-19-14(23)9-22(5-2)11(3)16-20-17(24)15-12(10-26-18(15)21-16)13-7-6-8-25-13/h6-8,10-11H,4-5,9H2,1-3H3,(H,19,23)(H,20,21,24)/p+1/t11-/m1/s1. The molecule has 1 unspecified atom stereocenters. The van der Waals surface area contributed by atoms with E-state index >= 15 is 0 Å². The number of nitrogens with one attached hydrogen (secondary N) is 3. The summed E-state index contributed by atoms with van der Waals surface area (Å²) in [5.41, 5.74) is 0.824. The first kappa shape index (κ1) is 18.8. The number of carbonyl (C=O) groups is 1. The van der Waals surface area contributed by atoms with Crippen LogP contribution in [0.25, 0.3) is 20.7 Å². The molecule has 0 aliphatic heterocycles. The van der Waals surface area contributed by atoms with Crippen molar-refractivity contribution in [2.75, 3.05) is 19.6 Å². The van der Waals surface area contributed by atoms with Gasteiger partial charge in [-0.1, -0.05) is 6.07 Å². The number of aromatic nitrogens is 2. The Kier molecular flexibility index (Phi) is 5.85. The Bertz CT molecular complexity index is 946. The highest BCUT2D eigenvalue weighted by Crippen LogP contribution is 2.33. The van der Waals surface area contributed by atoms with Gasteiger partial charge in [0, 0.05) is 22.4 Å². The van der Waals surface area contributed by atoms with E-state index in [2.05, 4.69) is 10.3 Å². The minimum Gasteiger partial charge on any atom is -0.351 e. The molecule has 0 saturated heterocycles. The molecule has 1 amide bonds. The second-order valence-corrected chi connectivity index (χ2v) is 7.93. The van der Waals surface area contributed by atoms with Crippen molar-refractivity contribution in [3.63, 3.8) is 0 Å². The molecule has 0 aliphatic carbocycles. The maximum Gasteiger partial charge on any atom is 0.275 e. The summed E-state index contributed by atoms with van der Waals surface area (Å²) in [6.07, 6.45) is 0. The number of rotatable bonds is 7. The van der Waals surface area contributed by atoms with Crippen LogP contribution in [0.15, 0.2) is 27.7 Å². The molecule has 0 fully saturated rings. The molecule has 3 rings (SSSR count). The van der Waals surface area contributed by atoms with E-state index in [0.29, 0.717) is 24.3 Å². The van der Waals surface area contributed by atoms with Crippen LogP contribution in [0, 0.1) is 0 Å². The van der Waals surface area contributed by atoms with Gasteiger partial charge in [0.05, 0.1) is 11.9 Å². The number of fused-ring (bicyclic) bond motifs is 1. The first-order valence-corrected chi connectivity index (χ1v) is 10.5. The van der Waals surface area contributed by atoms with Crippen molar-refractivity contribution in [2.24, 2.45) is 0 Å². The number of amides is 1. The predicted molar refractivity (Wildman–Crippen MR) is 107 cm³/mol. The summed E-state index contributed by atoms with van der Waals surface area (Å²) in [6.45, 7) is 7.68. The third kappa shape index (κ3) is 3.72. The molecule has 138 valence electrons. The number of likely N-dealkylation sites (N-methyl/N-ethyl adjacent to an activating group) is 2. The molecule has 0 aromatic carbocycles. The Labute approximate surface area is 159 Å². The van der Waals surface area contributed by atoms with Crippen LogP contribution in [0.5, 0.6) is 0 Å². The van der Waals surface area contributed by atoms with Crippen LogP contribution in [-0.2, 0) is 4.79 Å². The number of thiophene rings is 2. The summed E-state index contributed by atoms with van der Waals surface area (Å²) in [5, 5.41) is 7.47. The van der Waals surface area contributed by atoms with E-state index in [1.54, 1.807) is 11.3 Å². The van der Waals surface area contributed by atoms with Gasteiger partial charge in [0.25, 0.3) is 11.5 Å². The Morgan fingerprint density at radius 3 is 2.85 bits per heavy atom. The summed E-state index contributed by atoms with van der Waals surface area (Å²) < 4.78 is 0. The lowest BCUT2D eigenvalue weighted by molar-refractivity contribution is -0.921. The normalized spacial score (nSPS) is 13.7. The molecule has 0 saturated carbocycles. The number of H-pyrrole nitrogens is 1. The molecule has 0 aliphatic rings. The lowest BCUT2D eigenvalue weighted by Crippen LogP contribution is -3.13. The second-order valence-electron chi connectivity index (χ2n) is 6.12. The SMILES string of the molecule is CCNC(=O)C[NH+](CC)[C@H](C)c1nc2scc(-c3cccs3)c2c(=O)[nH]1. The maximum atomic E-state index is 12.7. The molecule has 8 heteroatoms.